The molecule has 0 atom stereocenters. The zero-order chi connectivity index (χ0) is 11.5. The number of H-pyrrole nitrogens is 1. The van der Waals surface area contributed by atoms with E-state index in [1.807, 2.05) is 0 Å². The maximum Gasteiger partial charge on any atom is 0.259 e. The Hall–Kier alpha value is -2.24. The Balaban J connectivity index is 2.21. The van der Waals surface area contributed by atoms with Crippen LogP contribution in [0.15, 0.2) is 30.5 Å². The Morgan fingerprint density at radius 1 is 1.31 bits per heavy atom. The molecule has 1 amide bonds. The lowest BCUT2D eigenvalue weighted by atomic mass is 10.2. The fourth-order valence-corrected chi connectivity index (χ4v) is 1.19. The lowest BCUT2D eigenvalue weighted by molar-refractivity contribution is 0.102. The molecule has 0 radical (unpaired) electrons. The maximum absolute atomic E-state index is 13.2. The van der Waals surface area contributed by atoms with Crippen molar-refractivity contribution in [2.45, 2.75) is 0 Å². The van der Waals surface area contributed by atoms with Crippen LogP contribution in [-0.2, 0) is 0 Å². The Kier molecular flexibility index (Phi) is 2.63. The molecule has 0 fully saturated rings. The third-order valence-corrected chi connectivity index (χ3v) is 1.92. The fourth-order valence-electron chi connectivity index (χ4n) is 1.19. The number of halogens is 2. The third-order valence-electron chi connectivity index (χ3n) is 1.92. The highest BCUT2D eigenvalue weighted by molar-refractivity contribution is 6.03. The van der Waals surface area contributed by atoms with Crippen LogP contribution in [0.25, 0.3) is 0 Å². The number of carbonyl (C=O) groups is 1. The quantitative estimate of drug-likeness (QED) is 0.817. The number of nitrogens with one attached hydrogen (secondary N) is 2. The van der Waals surface area contributed by atoms with Gasteiger partial charge in [0.05, 0.1) is 11.8 Å². The first kappa shape index (κ1) is 10.3. The summed E-state index contributed by atoms with van der Waals surface area (Å²) < 4.78 is 25.8. The van der Waals surface area contributed by atoms with Crippen LogP contribution in [0.2, 0.25) is 0 Å². The number of nitrogens with zero attached hydrogens (tertiary/aromatic N) is 1. The predicted molar refractivity (Wildman–Crippen MR) is 52.9 cm³/mol. The second kappa shape index (κ2) is 4.09. The maximum atomic E-state index is 13.2. The van der Waals surface area contributed by atoms with Crippen molar-refractivity contribution in [3.63, 3.8) is 0 Å². The second-order valence-electron chi connectivity index (χ2n) is 3.05. The van der Waals surface area contributed by atoms with Crippen molar-refractivity contribution in [3.8, 4) is 0 Å². The smallest absolute Gasteiger partial charge is 0.259 e. The van der Waals surface area contributed by atoms with Gasteiger partial charge in [-0.3, -0.25) is 9.89 Å². The molecular formula is C10H7F2N3O. The third kappa shape index (κ3) is 2.05. The van der Waals surface area contributed by atoms with Crippen LogP contribution in [0.1, 0.15) is 10.4 Å². The van der Waals surface area contributed by atoms with Crippen molar-refractivity contribution in [2.75, 3.05) is 5.32 Å². The van der Waals surface area contributed by atoms with Gasteiger partial charge in [-0.05, 0) is 12.1 Å². The highest BCUT2D eigenvalue weighted by atomic mass is 19.1. The molecule has 4 nitrogen and oxygen atoms in total. The van der Waals surface area contributed by atoms with E-state index in [4.69, 9.17) is 0 Å². The fraction of sp³-hybridized carbons (Fsp3) is 0. The average molecular weight is 223 g/mol. The van der Waals surface area contributed by atoms with Crippen LogP contribution in [0, 0.1) is 11.6 Å². The number of benzene rings is 1. The molecular weight excluding hydrogens is 216 g/mol. The van der Waals surface area contributed by atoms with Crippen molar-refractivity contribution in [1.29, 1.82) is 0 Å². The molecule has 0 spiro atoms. The zero-order valence-electron chi connectivity index (χ0n) is 8.00. The summed E-state index contributed by atoms with van der Waals surface area (Å²) >= 11 is 0. The number of aromatic amines is 1. The van der Waals surface area contributed by atoms with E-state index >= 15 is 0 Å². The molecule has 6 heteroatoms. The SMILES string of the molecule is O=C(Nc1ccn[nH]1)c1ccc(F)cc1F. The summed E-state index contributed by atoms with van der Waals surface area (Å²) in [5.74, 6) is -1.96. The van der Waals surface area contributed by atoms with Crippen LogP contribution >= 0.6 is 0 Å². The average Bonchev–Trinajstić information content (AvgIpc) is 2.70. The highest BCUT2D eigenvalue weighted by Gasteiger charge is 2.12. The summed E-state index contributed by atoms with van der Waals surface area (Å²) in [5, 5.41) is 8.48. The molecule has 1 aromatic heterocycles. The van der Waals surface area contributed by atoms with Crippen LogP contribution in [0.3, 0.4) is 0 Å². The van der Waals surface area contributed by atoms with Crippen molar-refractivity contribution in [3.05, 3.63) is 47.7 Å². The first-order valence-electron chi connectivity index (χ1n) is 4.42. The van der Waals surface area contributed by atoms with Gasteiger partial charge in [-0.1, -0.05) is 0 Å². The molecule has 2 rings (SSSR count). The van der Waals surface area contributed by atoms with Gasteiger partial charge >= 0.3 is 0 Å². The van der Waals surface area contributed by atoms with Gasteiger partial charge in [-0.25, -0.2) is 8.78 Å². The number of rotatable bonds is 2. The topological polar surface area (TPSA) is 57.8 Å². The molecule has 0 aliphatic carbocycles. The molecule has 0 aliphatic heterocycles. The van der Waals surface area contributed by atoms with Gasteiger partial charge in [0.2, 0.25) is 0 Å². The highest BCUT2D eigenvalue weighted by Crippen LogP contribution is 2.11. The van der Waals surface area contributed by atoms with Crippen molar-refractivity contribution in [1.82, 2.24) is 10.2 Å². The number of amides is 1. The van der Waals surface area contributed by atoms with Gasteiger partial charge in [-0.2, -0.15) is 5.10 Å². The minimum absolute atomic E-state index is 0.226. The summed E-state index contributed by atoms with van der Waals surface area (Å²) in [6.45, 7) is 0. The number of aromatic nitrogens is 2. The number of carbonyl (C=O) groups excluding carboxylic acids is 1. The van der Waals surface area contributed by atoms with Gasteiger partial charge in [0, 0.05) is 12.1 Å². The van der Waals surface area contributed by atoms with Gasteiger partial charge in [0.1, 0.15) is 17.5 Å². The molecule has 2 aromatic rings. The summed E-state index contributed by atoms with van der Waals surface area (Å²) in [6.07, 6.45) is 1.44. The summed E-state index contributed by atoms with van der Waals surface area (Å²) in [5.41, 5.74) is -0.226. The molecule has 2 N–H and O–H groups in total. The molecule has 0 unspecified atom stereocenters. The lowest BCUT2D eigenvalue weighted by Gasteiger charge is -2.03. The van der Waals surface area contributed by atoms with E-state index < -0.39 is 17.5 Å². The Labute approximate surface area is 89.3 Å². The second-order valence-corrected chi connectivity index (χ2v) is 3.05. The summed E-state index contributed by atoms with van der Waals surface area (Å²) in [4.78, 5) is 11.5. The van der Waals surface area contributed by atoms with Crippen molar-refractivity contribution >= 4 is 11.7 Å². The monoisotopic (exact) mass is 223 g/mol. The Morgan fingerprint density at radius 2 is 2.12 bits per heavy atom. The van der Waals surface area contributed by atoms with Crippen LogP contribution in [0.4, 0.5) is 14.6 Å². The molecule has 1 heterocycles. The van der Waals surface area contributed by atoms with E-state index in [1.165, 1.54) is 12.3 Å². The van der Waals surface area contributed by atoms with Crippen molar-refractivity contribution < 1.29 is 13.6 Å². The first-order valence-corrected chi connectivity index (χ1v) is 4.42. The Morgan fingerprint density at radius 3 is 2.75 bits per heavy atom. The van der Waals surface area contributed by atoms with E-state index in [9.17, 15) is 13.6 Å². The molecule has 0 saturated carbocycles. The lowest BCUT2D eigenvalue weighted by Crippen LogP contribution is -2.14. The number of hydrogen-bond donors (Lipinski definition) is 2. The molecule has 0 saturated heterocycles. The van der Waals surface area contributed by atoms with E-state index in [1.54, 1.807) is 0 Å². The van der Waals surface area contributed by atoms with E-state index in [2.05, 4.69) is 15.5 Å². The van der Waals surface area contributed by atoms with Crippen molar-refractivity contribution in [2.24, 2.45) is 0 Å². The molecule has 0 aliphatic rings. The minimum Gasteiger partial charge on any atom is -0.307 e. The standard InChI is InChI=1S/C10H7F2N3O/c11-6-1-2-7(8(12)5-6)10(16)14-9-3-4-13-15-9/h1-5H,(H2,13,14,15,16). The van der Waals surface area contributed by atoms with Gasteiger partial charge in [-0.15, -0.1) is 0 Å². The first-order chi connectivity index (χ1) is 7.66. The summed E-state index contributed by atoms with van der Waals surface area (Å²) in [7, 11) is 0. The number of anilines is 1. The molecule has 1 aromatic carbocycles. The van der Waals surface area contributed by atoms with E-state index in [-0.39, 0.29) is 5.56 Å². The van der Waals surface area contributed by atoms with Gasteiger partial charge in [0.25, 0.3) is 5.91 Å². The normalized spacial score (nSPS) is 10.1. The van der Waals surface area contributed by atoms with Gasteiger partial charge < -0.3 is 5.32 Å². The van der Waals surface area contributed by atoms with Gasteiger partial charge in [0.15, 0.2) is 0 Å². The van der Waals surface area contributed by atoms with Crippen LogP contribution < -0.4 is 5.32 Å². The van der Waals surface area contributed by atoms with E-state index in [0.717, 1.165) is 12.1 Å². The van der Waals surface area contributed by atoms with Crippen LogP contribution in [0.5, 0.6) is 0 Å². The molecule has 16 heavy (non-hydrogen) atoms. The molecule has 0 bridgehead atoms. The Bertz CT molecular complexity index is 511. The largest absolute Gasteiger partial charge is 0.307 e. The molecule has 82 valence electrons. The van der Waals surface area contributed by atoms with E-state index in [0.29, 0.717) is 11.9 Å². The number of hydrogen-bond acceptors (Lipinski definition) is 2. The zero-order valence-corrected chi connectivity index (χ0v) is 8.00. The minimum atomic E-state index is -0.906. The summed E-state index contributed by atoms with van der Waals surface area (Å²) in [6, 6.07) is 4.27. The van der Waals surface area contributed by atoms with Crippen LogP contribution in [-0.4, -0.2) is 16.1 Å². The predicted octanol–water partition coefficient (Wildman–Crippen LogP) is 1.94.